The molecule has 3 nitrogen and oxygen atoms in total. The minimum atomic E-state index is 0.893. The van der Waals surface area contributed by atoms with Crippen LogP contribution in [0.5, 0.6) is 0 Å². The lowest BCUT2D eigenvalue weighted by Gasteiger charge is -2.26. The maximum absolute atomic E-state index is 4.29. The maximum Gasteiger partial charge on any atom is 0.0521 e. The minimum Gasteiger partial charge on any atom is -0.311 e. The van der Waals surface area contributed by atoms with Crippen molar-refractivity contribution in [1.82, 2.24) is 15.1 Å². The van der Waals surface area contributed by atoms with Crippen molar-refractivity contribution < 1.29 is 0 Å². The summed E-state index contributed by atoms with van der Waals surface area (Å²) in [5.74, 6) is 1.84. The molecule has 1 aromatic heterocycles. The molecule has 0 amide bonds. The Labute approximate surface area is 105 Å². The highest BCUT2D eigenvalue weighted by atomic mass is 15.3. The van der Waals surface area contributed by atoms with Crippen molar-refractivity contribution in [2.75, 3.05) is 6.54 Å². The van der Waals surface area contributed by atoms with Gasteiger partial charge in [0.1, 0.15) is 0 Å². The van der Waals surface area contributed by atoms with Gasteiger partial charge in [0, 0.05) is 19.3 Å². The molecular formula is C14H25N3. The van der Waals surface area contributed by atoms with Gasteiger partial charge < -0.3 is 5.32 Å². The topological polar surface area (TPSA) is 29.9 Å². The van der Waals surface area contributed by atoms with Crippen LogP contribution in [0.15, 0.2) is 12.3 Å². The summed E-state index contributed by atoms with van der Waals surface area (Å²) in [5, 5.41) is 7.87. The molecule has 1 heterocycles. The zero-order valence-electron chi connectivity index (χ0n) is 11.2. The van der Waals surface area contributed by atoms with Gasteiger partial charge in [-0.05, 0) is 44.2 Å². The van der Waals surface area contributed by atoms with Crippen LogP contribution in [0.4, 0.5) is 0 Å². The number of hydrogen-bond donors (Lipinski definition) is 1. The molecule has 17 heavy (non-hydrogen) atoms. The molecule has 96 valence electrons. The Bertz CT molecular complexity index is 324. The Balaban J connectivity index is 1.69. The average Bonchev–Trinajstić information content (AvgIpc) is 2.79. The Morgan fingerprint density at radius 1 is 1.35 bits per heavy atom. The second-order valence-corrected chi connectivity index (χ2v) is 5.40. The van der Waals surface area contributed by atoms with Crippen LogP contribution >= 0.6 is 0 Å². The van der Waals surface area contributed by atoms with Crippen molar-refractivity contribution in [1.29, 1.82) is 0 Å². The Hall–Kier alpha value is -0.830. The van der Waals surface area contributed by atoms with E-state index in [2.05, 4.69) is 35.0 Å². The molecule has 0 spiro atoms. The zero-order chi connectivity index (χ0) is 12.1. The van der Waals surface area contributed by atoms with E-state index in [0.29, 0.717) is 0 Å². The van der Waals surface area contributed by atoms with Crippen LogP contribution in [0, 0.1) is 11.8 Å². The van der Waals surface area contributed by atoms with Crippen LogP contribution in [-0.2, 0) is 13.1 Å². The summed E-state index contributed by atoms with van der Waals surface area (Å²) in [5.41, 5.74) is 1.30. The van der Waals surface area contributed by atoms with Crippen molar-refractivity contribution in [3.05, 3.63) is 18.0 Å². The van der Waals surface area contributed by atoms with Gasteiger partial charge in [-0.25, -0.2) is 0 Å². The van der Waals surface area contributed by atoms with Crippen molar-refractivity contribution in [2.45, 2.75) is 52.6 Å². The van der Waals surface area contributed by atoms with Crippen molar-refractivity contribution >= 4 is 0 Å². The third kappa shape index (κ3) is 3.56. The van der Waals surface area contributed by atoms with Crippen molar-refractivity contribution in [2.24, 2.45) is 11.8 Å². The molecule has 0 atom stereocenters. The molecule has 0 saturated heterocycles. The number of nitrogens with zero attached hydrogens (tertiary/aromatic N) is 2. The molecule has 0 aliphatic heterocycles. The van der Waals surface area contributed by atoms with Crippen molar-refractivity contribution in [3.8, 4) is 0 Å². The number of hydrogen-bond acceptors (Lipinski definition) is 2. The summed E-state index contributed by atoms with van der Waals surface area (Å²) in [4.78, 5) is 0. The van der Waals surface area contributed by atoms with Gasteiger partial charge in [0.05, 0.1) is 5.69 Å². The molecule has 3 heteroatoms. The quantitative estimate of drug-likeness (QED) is 0.850. The van der Waals surface area contributed by atoms with Gasteiger partial charge in [0.25, 0.3) is 0 Å². The first-order chi connectivity index (χ1) is 8.29. The number of aryl methyl sites for hydroxylation is 1. The smallest absolute Gasteiger partial charge is 0.0521 e. The predicted octanol–water partition coefficient (Wildman–Crippen LogP) is 2.82. The normalized spacial score (nSPS) is 25.1. The van der Waals surface area contributed by atoms with Crippen LogP contribution in [0.3, 0.4) is 0 Å². The molecule has 0 aromatic carbocycles. The number of aromatic nitrogens is 2. The fourth-order valence-corrected chi connectivity index (χ4v) is 2.73. The second kappa shape index (κ2) is 6.20. The number of nitrogens with one attached hydrogen (secondary N) is 1. The summed E-state index contributed by atoms with van der Waals surface area (Å²) >= 11 is 0. The molecule has 0 bridgehead atoms. The summed E-state index contributed by atoms with van der Waals surface area (Å²) in [6.07, 6.45) is 7.53. The lowest BCUT2D eigenvalue weighted by atomic mass is 9.83. The van der Waals surface area contributed by atoms with Crippen molar-refractivity contribution in [3.63, 3.8) is 0 Å². The average molecular weight is 235 g/mol. The van der Waals surface area contributed by atoms with Gasteiger partial charge in [-0.2, -0.15) is 5.10 Å². The first kappa shape index (κ1) is 12.6. The van der Waals surface area contributed by atoms with E-state index >= 15 is 0 Å². The molecule has 1 aliphatic carbocycles. The third-order valence-electron chi connectivity index (χ3n) is 3.98. The standard InChI is InChI=1S/C14H25N3/c1-3-17-14(8-9-16-17)11-15-10-13-6-4-12(2)5-7-13/h8-9,12-13,15H,3-7,10-11H2,1-2H3. The molecule has 1 aliphatic rings. The van der Waals surface area contributed by atoms with Gasteiger partial charge in [-0.1, -0.05) is 19.8 Å². The van der Waals surface area contributed by atoms with E-state index in [1.54, 1.807) is 0 Å². The van der Waals surface area contributed by atoms with Gasteiger partial charge in [0.2, 0.25) is 0 Å². The first-order valence-corrected chi connectivity index (χ1v) is 7.01. The van der Waals surface area contributed by atoms with Crippen LogP contribution in [0.25, 0.3) is 0 Å². The highest BCUT2D eigenvalue weighted by Crippen LogP contribution is 2.27. The lowest BCUT2D eigenvalue weighted by Crippen LogP contribution is -2.26. The monoisotopic (exact) mass is 235 g/mol. The summed E-state index contributed by atoms with van der Waals surface area (Å²) in [7, 11) is 0. The largest absolute Gasteiger partial charge is 0.311 e. The molecule has 1 aromatic rings. The lowest BCUT2D eigenvalue weighted by molar-refractivity contribution is 0.281. The van der Waals surface area contributed by atoms with Gasteiger partial charge in [0.15, 0.2) is 0 Å². The number of rotatable bonds is 5. The molecule has 1 saturated carbocycles. The van der Waals surface area contributed by atoms with Crippen LogP contribution in [0.2, 0.25) is 0 Å². The Morgan fingerprint density at radius 2 is 2.12 bits per heavy atom. The van der Waals surface area contributed by atoms with E-state index in [0.717, 1.165) is 24.9 Å². The minimum absolute atomic E-state index is 0.893. The second-order valence-electron chi connectivity index (χ2n) is 5.40. The zero-order valence-corrected chi connectivity index (χ0v) is 11.2. The Kier molecular flexibility index (Phi) is 4.60. The Morgan fingerprint density at radius 3 is 2.82 bits per heavy atom. The van der Waals surface area contributed by atoms with Gasteiger partial charge >= 0.3 is 0 Å². The molecule has 1 N–H and O–H groups in total. The molecular weight excluding hydrogens is 210 g/mol. The van der Waals surface area contributed by atoms with E-state index in [1.165, 1.54) is 37.9 Å². The van der Waals surface area contributed by atoms with E-state index in [4.69, 9.17) is 0 Å². The SMILES string of the molecule is CCn1nccc1CNCC1CCC(C)CC1. The van der Waals surface area contributed by atoms with Gasteiger partial charge in [-0.3, -0.25) is 4.68 Å². The summed E-state index contributed by atoms with van der Waals surface area (Å²) < 4.78 is 2.07. The highest BCUT2D eigenvalue weighted by Gasteiger charge is 2.17. The van der Waals surface area contributed by atoms with Crippen LogP contribution in [0.1, 0.15) is 45.2 Å². The van der Waals surface area contributed by atoms with Gasteiger partial charge in [-0.15, -0.1) is 0 Å². The molecule has 0 radical (unpaired) electrons. The van der Waals surface area contributed by atoms with E-state index in [-0.39, 0.29) is 0 Å². The highest BCUT2D eigenvalue weighted by molar-refractivity contribution is 4.99. The first-order valence-electron chi connectivity index (χ1n) is 7.01. The summed E-state index contributed by atoms with van der Waals surface area (Å²) in [6.45, 7) is 7.61. The third-order valence-corrected chi connectivity index (χ3v) is 3.98. The molecule has 1 fully saturated rings. The van der Waals surface area contributed by atoms with Crippen LogP contribution in [-0.4, -0.2) is 16.3 Å². The fourth-order valence-electron chi connectivity index (χ4n) is 2.73. The van der Waals surface area contributed by atoms with E-state index in [9.17, 15) is 0 Å². The van der Waals surface area contributed by atoms with E-state index in [1.807, 2.05) is 6.20 Å². The molecule has 0 unspecified atom stereocenters. The molecule has 2 rings (SSSR count). The maximum atomic E-state index is 4.29. The van der Waals surface area contributed by atoms with E-state index < -0.39 is 0 Å². The predicted molar refractivity (Wildman–Crippen MR) is 70.7 cm³/mol. The summed E-state index contributed by atoms with van der Waals surface area (Å²) in [6, 6.07) is 2.11. The van der Waals surface area contributed by atoms with Crippen LogP contribution < -0.4 is 5.32 Å². The fraction of sp³-hybridized carbons (Fsp3) is 0.786.